The normalized spacial score (nSPS) is 20.5. The Morgan fingerprint density at radius 3 is 2.39 bits per heavy atom. The molecule has 2 amide bonds. The van der Waals surface area contributed by atoms with Crippen molar-refractivity contribution in [2.75, 3.05) is 38.0 Å². The molecule has 1 aromatic rings. The van der Waals surface area contributed by atoms with Crippen molar-refractivity contribution in [2.45, 2.75) is 70.6 Å². The van der Waals surface area contributed by atoms with Gasteiger partial charge in [-0.05, 0) is 65.1 Å². The van der Waals surface area contributed by atoms with Gasteiger partial charge in [0.1, 0.15) is 5.60 Å². The zero-order valence-electron chi connectivity index (χ0n) is 19.2. The molecule has 2 heterocycles. The largest absolute Gasteiger partial charge is 0.444 e. The van der Waals surface area contributed by atoms with Gasteiger partial charge in [-0.25, -0.2) is 4.79 Å². The Morgan fingerprint density at radius 2 is 1.71 bits per heavy atom. The van der Waals surface area contributed by atoms with Crippen LogP contribution in [0.5, 0.6) is 0 Å². The van der Waals surface area contributed by atoms with E-state index >= 15 is 0 Å². The van der Waals surface area contributed by atoms with Gasteiger partial charge >= 0.3 is 6.09 Å². The molecule has 2 saturated heterocycles. The number of carbonyl (C=O) groups is 2. The van der Waals surface area contributed by atoms with Crippen molar-refractivity contribution in [1.82, 2.24) is 15.1 Å². The van der Waals surface area contributed by atoms with Gasteiger partial charge in [-0.15, -0.1) is 0 Å². The summed E-state index contributed by atoms with van der Waals surface area (Å²) < 4.78 is 5.34. The Morgan fingerprint density at radius 1 is 1.03 bits per heavy atom. The number of hydrogen-bond donors (Lipinski definition) is 2. The average Bonchev–Trinajstić information content (AvgIpc) is 3.17. The smallest absolute Gasteiger partial charge is 0.407 e. The second kappa shape index (κ2) is 10.8. The zero-order chi connectivity index (χ0) is 22.3. The van der Waals surface area contributed by atoms with Gasteiger partial charge in [-0.3, -0.25) is 4.79 Å². The maximum absolute atomic E-state index is 12.6. The summed E-state index contributed by atoms with van der Waals surface area (Å²) in [4.78, 5) is 28.9. The molecule has 1 aromatic carbocycles. The van der Waals surface area contributed by atoms with Crippen LogP contribution in [0.15, 0.2) is 30.3 Å². The lowest BCUT2D eigenvalue weighted by Gasteiger charge is -2.32. The minimum atomic E-state index is -0.468. The summed E-state index contributed by atoms with van der Waals surface area (Å²) in [5.41, 5.74) is 0.649. The van der Waals surface area contributed by atoms with Crippen molar-refractivity contribution < 1.29 is 14.3 Å². The summed E-state index contributed by atoms with van der Waals surface area (Å²) in [6.45, 7) is 10.1. The van der Waals surface area contributed by atoms with Crippen LogP contribution in [0.25, 0.3) is 0 Å². The summed E-state index contributed by atoms with van der Waals surface area (Å²) in [6.07, 6.45) is 4.00. The fourth-order valence-corrected chi connectivity index (χ4v) is 4.26. The SMILES string of the molecule is CC(C)(C)OC(=O)NC1CCN(CCCC(=O)N2CCC(Nc3ccccc3)C2)CC1. The van der Waals surface area contributed by atoms with E-state index in [0.717, 1.165) is 64.1 Å². The number of likely N-dealkylation sites (tertiary alicyclic amines) is 2. The first kappa shape index (κ1) is 23.4. The Hall–Kier alpha value is -2.28. The molecule has 0 radical (unpaired) electrons. The molecule has 2 aliphatic rings. The summed E-state index contributed by atoms with van der Waals surface area (Å²) in [6, 6.07) is 10.7. The predicted molar refractivity (Wildman–Crippen MR) is 123 cm³/mol. The summed E-state index contributed by atoms with van der Waals surface area (Å²) >= 11 is 0. The lowest BCUT2D eigenvalue weighted by Crippen LogP contribution is -2.46. The van der Waals surface area contributed by atoms with Gasteiger partial charge in [0.25, 0.3) is 0 Å². The molecule has 1 unspecified atom stereocenters. The van der Waals surface area contributed by atoms with E-state index in [4.69, 9.17) is 4.74 Å². The quantitative estimate of drug-likeness (QED) is 0.693. The number of benzene rings is 1. The van der Waals surface area contributed by atoms with E-state index in [9.17, 15) is 9.59 Å². The number of amides is 2. The topological polar surface area (TPSA) is 73.9 Å². The fraction of sp³-hybridized carbons (Fsp3) is 0.667. The molecule has 7 nitrogen and oxygen atoms in total. The van der Waals surface area contributed by atoms with Crippen molar-refractivity contribution in [1.29, 1.82) is 0 Å². The van der Waals surface area contributed by atoms with Gasteiger partial charge in [0.15, 0.2) is 0 Å². The standard InChI is InChI=1S/C24H38N4O3/c1-24(2,3)31-23(30)26-20-11-15-27(16-12-20)14-7-10-22(29)28-17-13-21(18-28)25-19-8-5-4-6-9-19/h4-6,8-9,20-21,25H,7,10-18H2,1-3H3,(H,26,30). The molecule has 0 aliphatic carbocycles. The van der Waals surface area contributed by atoms with Crippen LogP contribution in [0.1, 0.15) is 52.9 Å². The number of nitrogens with zero attached hydrogens (tertiary/aromatic N) is 2. The average molecular weight is 431 g/mol. The molecule has 31 heavy (non-hydrogen) atoms. The first-order valence-electron chi connectivity index (χ1n) is 11.6. The maximum Gasteiger partial charge on any atom is 0.407 e. The highest BCUT2D eigenvalue weighted by Crippen LogP contribution is 2.17. The first-order valence-corrected chi connectivity index (χ1v) is 11.6. The Kier molecular flexibility index (Phi) is 8.18. The Bertz CT molecular complexity index is 711. The maximum atomic E-state index is 12.6. The summed E-state index contributed by atoms with van der Waals surface area (Å²) in [5, 5.41) is 6.50. The molecular formula is C24H38N4O3. The minimum Gasteiger partial charge on any atom is -0.444 e. The van der Waals surface area contributed by atoms with E-state index in [0.29, 0.717) is 12.5 Å². The van der Waals surface area contributed by atoms with Gasteiger partial charge in [0.2, 0.25) is 5.91 Å². The first-order chi connectivity index (χ1) is 14.8. The highest BCUT2D eigenvalue weighted by Gasteiger charge is 2.27. The third kappa shape index (κ3) is 8.05. The molecule has 1 atom stereocenters. The molecule has 172 valence electrons. The molecule has 0 saturated carbocycles. The van der Waals surface area contributed by atoms with Gasteiger partial charge < -0.3 is 25.2 Å². The highest BCUT2D eigenvalue weighted by molar-refractivity contribution is 5.76. The van der Waals surface area contributed by atoms with Gasteiger partial charge in [0, 0.05) is 50.4 Å². The predicted octanol–water partition coefficient (Wildman–Crippen LogP) is 3.47. The van der Waals surface area contributed by atoms with Gasteiger partial charge in [-0.2, -0.15) is 0 Å². The molecule has 0 bridgehead atoms. The van der Waals surface area contributed by atoms with E-state index in [1.165, 1.54) is 0 Å². The monoisotopic (exact) mass is 430 g/mol. The van der Waals surface area contributed by atoms with E-state index in [-0.39, 0.29) is 18.0 Å². The van der Waals surface area contributed by atoms with Crippen molar-refractivity contribution in [2.24, 2.45) is 0 Å². The molecule has 0 aromatic heterocycles. The second-order valence-electron chi connectivity index (χ2n) is 9.70. The van der Waals surface area contributed by atoms with Crippen LogP contribution in [0.4, 0.5) is 10.5 Å². The van der Waals surface area contributed by atoms with E-state index in [1.807, 2.05) is 43.9 Å². The molecule has 3 rings (SSSR count). The number of piperidine rings is 1. The van der Waals surface area contributed by atoms with Gasteiger partial charge in [0.05, 0.1) is 0 Å². The number of carbonyl (C=O) groups excluding carboxylic acids is 2. The van der Waals surface area contributed by atoms with E-state index in [2.05, 4.69) is 27.7 Å². The number of hydrogen-bond acceptors (Lipinski definition) is 5. The number of alkyl carbamates (subject to hydrolysis) is 1. The zero-order valence-corrected chi connectivity index (χ0v) is 19.2. The van der Waals surface area contributed by atoms with Crippen molar-refractivity contribution >= 4 is 17.7 Å². The van der Waals surface area contributed by atoms with Crippen LogP contribution in [-0.2, 0) is 9.53 Å². The van der Waals surface area contributed by atoms with Crippen LogP contribution in [-0.4, -0.2) is 72.2 Å². The third-order valence-corrected chi connectivity index (χ3v) is 5.86. The van der Waals surface area contributed by atoms with Crippen LogP contribution in [0.2, 0.25) is 0 Å². The molecule has 2 aliphatic heterocycles. The number of anilines is 1. The summed E-state index contributed by atoms with van der Waals surface area (Å²) in [5.74, 6) is 0.263. The third-order valence-electron chi connectivity index (χ3n) is 5.86. The molecular weight excluding hydrogens is 392 g/mol. The summed E-state index contributed by atoms with van der Waals surface area (Å²) in [7, 11) is 0. The van der Waals surface area contributed by atoms with Crippen LogP contribution in [0.3, 0.4) is 0 Å². The Balaban J connectivity index is 1.28. The highest BCUT2D eigenvalue weighted by atomic mass is 16.6. The molecule has 2 N–H and O–H groups in total. The number of nitrogens with one attached hydrogen (secondary N) is 2. The van der Waals surface area contributed by atoms with Crippen molar-refractivity contribution in [3.8, 4) is 0 Å². The number of para-hydroxylation sites is 1. The van der Waals surface area contributed by atoms with Gasteiger partial charge in [-0.1, -0.05) is 18.2 Å². The van der Waals surface area contributed by atoms with E-state index in [1.54, 1.807) is 0 Å². The second-order valence-corrected chi connectivity index (χ2v) is 9.70. The Labute approximate surface area is 186 Å². The lowest BCUT2D eigenvalue weighted by molar-refractivity contribution is -0.130. The van der Waals surface area contributed by atoms with E-state index < -0.39 is 5.60 Å². The van der Waals surface area contributed by atoms with Crippen LogP contribution < -0.4 is 10.6 Å². The molecule has 0 spiro atoms. The van der Waals surface area contributed by atoms with Crippen LogP contribution >= 0.6 is 0 Å². The number of rotatable bonds is 7. The molecule has 2 fully saturated rings. The van der Waals surface area contributed by atoms with Crippen molar-refractivity contribution in [3.05, 3.63) is 30.3 Å². The van der Waals surface area contributed by atoms with Crippen LogP contribution in [0, 0.1) is 0 Å². The minimum absolute atomic E-state index is 0.173. The lowest BCUT2D eigenvalue weighted by atomic mass is 10.0. The fourth-order valence-electron chi connectivity index (χ4n) is 4.26. The molecule has 7 heteroatoms. The number of ether oxygens (including phenoxy) is 1. The van der Waals surface area contributed by atoms with Crippen molar-refractivity contribution in [3.63, 3.8) is 0 Å².